The molecule has 0 unspecified atom stereocenters. The van der Waals surface area contributed by atoms with Crippen LogP contribution in [0.2, 0.25) is 0 Å². The fraction of sp³-hybridized carbons (Fsp3) is 0.273. The SMILES string of the molecule is CCC(O)(O)c1ccccc1.CCCc1ccc(O)cc1O.Oc1ccccc1.c1ccc2c(c1)CCCO2. The Morgan fingerprint density at radius 3 is 1.87 bits per heavy atom. The van der Waals surface area contributed by atoms with Gasteiger partial charge in [-0.3, -0.25) is 0 Å². The van der Waals surface area contributed by atoms with Crippen molar-refractivity contribution in [2.45, 2.75) is 51.7 Å². The molecule has 1 aliphatic rings. The summed E-state index contributed by atoms with van der Waals surface area (Å²) in [5, 5.41) is 45.5. The van der Waals surface area contributed by atoms with Crippen LogP contribution < -0.4 is 4.74 Å². The third-order valence-corrected chi connectivity index (χ3v) is 5.89. The number of rotatable bonds is 4. The molecule has 0 spiro atoms. The quantitative estimate of drug-likeness (QED) is 0.187. The Morgan fingerprint density at radius 1 is 0.718 bits per heavy atom. The highest BCUT2D eigenvalue weighted by molar-refractivity contribution is 5.39. The standard InChI is InChI=1S/2C9H12O2.C9H10O.C6H6O/c1-2-9(10,11)8-6-4-3-5-7-8;1-2-3-7-4-5-8(10)6-9(7)11;1-2-6-9-8(4-1)5-3-7-10-9;7-6-4-2-1-3-5-6/h3-7,10-11H,2H2,1H3;4-6,10-11H,2-3H2,1H3;1-2,4,6H,3,5,7H2;1-5,7H. The van der Waals surface area contributed by atoms with Crippen molar-refractivity contribution in [2.75, 3.05) is 6.61 Å². The van der Waals surface area contributed by atoms with Crippen LogP contribution in [0.4, 0.5) is 0 Å². The molecular weight excluding hydrogens is 492 g/mol. The second-order valence-electron chi connectivity index (χ2n) is 8.99. The van der Waals surface area contributed by atoms with E-state index in [2.05, 4.69) is 12.1 Å². The zero-order chi connectivity index (χ0) is 28.5. The first-order valence-electron chi connectivity index (χ1n) is 13.2. The molecule has 0 aromatic heterocycles. The molecule has 0 radical (unpaired) electrons. The van der Waals surface area contributed by atoms with Gasteiger partial charge in [0.15, 0.2) is 5.79 Å². The van der Waals surface area contributed by atoms with Gasteiger partial charge in [0.25, 0.3) is 0 Å². The Balaban J connectivity index is 0.000000185. The van der Waals surface area contributed by atoms with Crippen LogP contribution in [0, 0.1) is 0 Å². The Hall–Kier alpha value is -4.00. The minimum absolute atomic E-state index is 0.113. The minimum atomic E-state index is -1.67. The Kier molecular flexibility index (Phi) is 13.4. The summed E-state index contributed by atoms with van der Waals surface area (Å²) >= 11 is 0. The molecule has 4 aromatic carbocycles. The fourth-order valence-electron chi connectivity index (χ4n) is 3.67. The van der Waals surface area contributed by atoms with E-state index in [0.29, 0.717) is 17.7 Å². The number of aliphatic hydroxyl groups is 2. The number of phenols is 3. The predicted octanol–water partition coefficient (Wildman–Crippen LogP) is 6.69. The molecule has 0 fully saturated rings. The van der Waals surface area contributed by atoms with E-state index in [-0.39, 0.29) is 11.5 Å². The molecule has 0 bridgehead atoms. The third kappa shape index (κ3) is 11.5. The van der Waals surface area contributed by atoms with Gasteiger partial charge in [0.1, 0.15) is 23.0 Å². The van der Waals surface area contributed by atoms with Crippen molar-refractivity contribution in [3.05, 3.63) is 120 Å². The summed E-state index contributed by atoms with van der Waals surface area (Å²) in [5.74, 6) is 0.0341. The largest absolute Gasteiger partial charge is 0.508 e. The van der Waals surface area contributed by atoms with E-state index >= 15 is 0 Å². The molecule has 39 heavy (non-hydrogen) atoms. The summed E-state index contributed by atoms with van der Waals surface area (Å²) in [4.78, 5) is 0. The van der Waals surface area contributed by atoms with Gasteiger partial charge in [-0.05, 0) is 54.7 Å². The van der Waals surface area contributed by atoms with Gasteiger partial charge in [0.05, 0.1) is 6.61 Å². The summed E-state index contributed by atoms with van der Waals surface area (Å²) in [6.07, 6.45) is 4.49. The summed E-state index contributed by atoms with van der Waals surface area (Å²) < 4.78 is 5.42. The third-order valence-electron chi connectivity index (χ3n) is 5.89. The molecule has 4 aromatic rings. The molecule has 5 rings (SSSR count). The number of para-hydroxylation sites is 2. The summed E-state index contributed by atoms with van der Waals surface area (Å²) in [5.41, 5.74) is 2.79. The van der Waals surface area contributed by atoms with Gasteiger partial charge >= 0.3 is 0 Å². The minimum Gasteiger partial charge on any atom is -0.508 e. The highest BCUT2D eigenvalue weighted by atomic mass is 16.5. The molecule has 5 N–H and O–H groups in total. The zero-order valence-corrected chi connectivity index (χ0v) is 22.7. The van der Waals surface area contributed by atoms with Crippen molar-refractivity contribution in [3.8, 4) is 23.0 Å². The molecule has 1 heterocycles. The molecule has 6 nitrogen and oxygen atoms in total. The zero-order valence-electron chi connectivity index (χ0n) is 22.7. The second-order valence-corrected chi connectivity index (χ2v) is 8.99. The summed E-state index contributed by atoms with van der Waals surface area (Å²) in [7, 11) is 0. The fourth-order valence-corrected chi connectivity index (χ4v) is 3.67. The lowest BCUT2D eigenvalue weighted by molar-refractivity contribution is -0.171. The number of benzene rings is 4. The Morgan fingerprint density at radius 2 is 1.33 bits per heavy atom. The van der Waals surface area contributed by atoms with E-state index in [0.717, 1.165) is 37.2 Å². The van der Waals surface area contributed by atoms with Gasteiger partial charge < -0.3 is 30.3 Å². The highest BCUT2D eigenvalue weighted by Gasteiger charge is 2.21. The average Bonchev–Trinajstić information content (AvgIpc) is 2.97. The number of ether oxygens (including phenoxy) is 1. The van der Waals surface area contributed by atoms with Gasteiger partial charge in [0, 0.05) is 18.1 Å². The van der Waals surface area contributed by atoms with E-state index in [1.807, 2.05) is 31.2 Å². The average molecular weight is 533 g/mol. The van der Waals surface area contributed by atoms with Crippen molar-refractivity contribution < 1.29 is 30.3 Å². The molecule has 0 atom stereocenters. The number of aryl methyl sites for hydroxylation is 2. The molecule has 1 aliphatic heterocycles. The topological polar surface area (TPSA) is 110 Å². The van der Waals surface area contributed by atoms with E-state index in [1.54, 1.807) is 67.6 Å². The second kappa shape index (κ2) is 16.8. The molecule has 208 valence electrons. The van der Waals surface area contributed by atoms with E-state index in [9.17, 15) is 15.3 Å². The van der Waals surface area contributed by atoms with Crippen LogP contribution >= 0.6 is 0 Å². The number of hydrogen-bond donors (Lipinski definition) is 5. The maximum Gasteiger partial charge on any atom is 0.189 e. The lowest BCUT2D eigenvalue weighted by atomic mass is 10.0. The van der Waals surface area contributed by atoms with Crippen LogP contribution in [0.3, 0.4) is 0 Å². The van der Waals surface area contributed by atoms with Crippen LogP contribution in [-0.4, -0.2) is 32.1 Å². The maximum absolute atomic E-state index is 9.35. The van der Waals surface area contributed by atoms with Crippen molar-refractivity contribution in [3.63, 3.8) is 0 Å². The first-order chi connectivity index (χ1) is 18.8. The van der Waals surface area contributed by atoms with Crippen molar-refractivity contribution in [2.24, 2.45) is 0 Å². The predicted molar refractivity (Wildman–Crippen MR) is 155 cm³/mol. The van der Waals surface area contributed by atoms with Gasteiger partial charge in [-0.15, -0.1) is 0 Å². The van der Waals surface area contributed by atoms with E-state index in [1.165, 1.54) is 18.1 Å². The normalized spacial score (nSPS) is 11.6. The van der Waals surface area contributed by atoms with Crippen molar-refractivity contribution in [1.82, 2.24) is 0 Å². The summed E-state index contributed by atoms with van der Waals surface area (Å²) in [6.45, 7) is 4.66. The van der Waals surface area contributed by atoms with Crippen molar-refractivity contribution >= 4 is 0 Å². The van der Waals surface area contributed by atoms with Crippen molar-refractivity contribution in [1.29, 1.82) is 0 Å². The number of fused-ring (bicyclic) bond motifs is 1. The highest BCUT2D eigenvalue weighted by Crippen LogP contribution is 2.24. The molecule has 6 heteroatoms. The Labute approximate surface area is 231 Å². The van der Waals surface area contributed by atoms with Crippen LogP contribution in [0.15, 0.2) is 103 Å². The molecule has 0 amide bonds. The number of hydrogen-bond acceptors (Lipinski definition) is 6. The van der Waals surface area contributed by atoms with Gasteiger partial charge in [-0.25, -0.2) is 0 Å². The van der Waals surface area contributed by atoms with Gasteiger partial charge in [-0.2, -0.15) is 0 Å². The monoisotopic (exact) mass is 532 g/mol. The first kappa shape index (κ1) is 31.2. The Bertz CT molecular complexity index is 1180. The smallest absolute Gasteiger partial charge is 0.189 e. The first-order valence-corrected chi connectivity index (χ1v) is 13.2. The summed E-state index contributed by atoms with van der Waals surface area (Å²) in [6, 6.07) is 30.5. The lowest BCUT2D eigenvalue weighted by Gasteiger charge is -2.19. The van der Waals surface area contributed by atoms with Crippen LogP contribution in [0.1, 0.15) is 49.8 Å². The van der Waals surface area contributed by atoms with E-state index in [4.69, 9.17) is 14.9 Å². The van der Waals surface area contributed by atoms with Crippen LogP contribution in [0.25, 0.3) is 0 Å². The van der Waals surface area contributed by atoms with Gasteiger partial charge in [-0.1, -0.05) is 93.1 Å². The lowest BCUT2D eigenvalue weighted by Crippen LogP contribution is -2.23. The number of aromatic hydroxyl groups is 3. The molecule has 0 saturated heterocycles. The van der Waals surface area contributed by atoms with E-state index < -0.39 is 5.79 Å². The maximum atomic E-state index is 9.35. The van der Waals surface area contributed by atoms with Crippen LogP contribution in [0.5, 0.6) is 23.0 Å². The van der Waals surface area contributed by atoms with Crippen LogP contribution in [-0.2, 0) is 18.6 Å². The number of phenolic OH excluding ortho intramolecular Hbond substituents is 3. The van der Waals surface area contributed by atoms with Gasteiger partial charge in [0.2, 0.25) is 0 Å². The molecule has 0 aliphatic carbocycles. The molecular formula is C33H40O6. The molecule has 0 saturated carbocycles.